The first kappa shape index (κ1) is 24.1. The average molecular weight is 485 g/mol. The van der Waals surface area contributed by atoms with E-state index in [1.165, 1.54) is 21.3 Å². The van der Waals surface area contributed by atoms with Gasteiger partial charge in [-0.3, -0.25) is 9.59 Å². The molecule has 2 heterocycles. The van der Waals surface area contributed by atoms with Crippen LogP contribution in [-0.4, -0.2) is 65.3 Å². The molecule has 4 rings (SSSR count). The smallest absolute Gasteiger partial charge is 0.258 e. The van der Waals surface area contributed by atoms with Crippen LogP contribution in [0.4, 0.5) is 0 Å². The van der Waals surface area contributed by atoms with Gasteiger partial charge in [-0.25, -0.2) is 13.4 Å². The molecule has 2 atom stereocenters. The van der Waals surface area contributed by atoms with Crippen molar-refractivity contribution < 1.29 is 17.9 Å². The fraction of sp³-hybridized carbons (Fsp3) is 0.375. The summed E-state index contributed by atoms with van der Waals surface area (Å²) < 4.78 is 33.5. The molecule has 1 aliphatic rings. The van der Waals surface area contributed by atoms with Gasteiger partial charge in [0, 0.05) is 25.2 Å². The van der Waals surface area contributed by atoms with E-state index in [4.69, 9.17) is 4.74 Å². The lowest BCUT2D eigenvalue weighted by Gasteiger charge is -2.34. The molecule has 180 valence electrons. The van der Waals surface area contributed by atoms with Crippen LogP contribution in [0, 0.1) is 0 Å². The number of sulfonamides is 1. The molecule has 1 aliphatic heterocycles. The van der Waals surface area contributed by atoms with Crippen molar-refractivity contribution in [3.8, 4) is 0 Å². The molecule has 3 aromatic rings. The minimum Gasteiger partial charge on any atom is -0.373 e. The molecule has 1 saturated heterocycles. The predicted molar refractivity (Wildman–Crippen MR) is 128 cm³/mol. The van der Waals surface area contributed by atoms with E-state index in [-0.39, 0.29) is 53.8 Å². The van der Waals surface area contributed by atoms with Gasteiger partial charge in [-0.15, -0.1) is 0 Å². The highest BCUT2D eigenvalue weighted by atomic mass is 32.2. The van der Waals surface area contributed by atoms with Crippen LogP contribution < -0.4 is 5.56 Å². The first-order valence-corrected chi connectivity index (χ1v) is 12.7. The van der Waals surface area contributed by atoms with Gasteiger partial charge in [-0.1, -0.05) is 18.2 Å². The zero-order chi connectivity index (χ0) is 24.5. The van der Waals surface area contributed by atoms with Crippen LogP contribution in [-0.2, 0) is 21.3 Å². The molecule has 0 radical (unpaired) electrons. The van der Waals surface area contributed by atoms with Crippen molar-refractivity contribution in [1.82, 2.24) is 19.2 Å². The van der Waals surface area contributed by atoms with E-state index in [2.05, 4.69) is 9.97 Å². The summed E-state index contributed by atoms with van der Waals surface area (Å²) in [6.45, 7) is 6.44. The van der Waals surface area contributed by atoms with Crippen molar-refractivity contribution in [2.45, 2.75) is 44.4 Å². The van der Waals surface area contributed by atoms with Crippen molar-refractivity contribution in [1.29, 1.82) is 0 Å². The van der Waals surface area contributed by atoms with Gasteiger partial charge in [-0.2, -0.15) is 4.31 Å². The normalized spacial score (nSPS) is 19.3. The number of nitrogens with zero attached hydrogens (tertiary/aromatic N) is 3. The molecule has 9 nitrogen and oxygen atoms in total. The maximum absolute atomic E-state index is 13.3. The number of ether oxygens (including phenoxy) is 1. The molecular weight excluding hydrogens is 456 g/mol. The van der Waals surface area contributed by atoms with Crippen LogP contribution >= 0.6 is 0 Å². The monoisotopic (exact) mass is 484 g/mol. The molecule has 2 unspecified atom stereocenters. The highest BCUT2D eigenvalue weighted by Gasteiger charge is 2.32. The van der Waals surface area contributed by atoms with Gasteiger partial charge in [0.2, 0.25) is 10.0 Å². The standard InChI is InChI=1S/C24H28N4O5S/c1-4-27(15-22-25-21-11-6-5-10-20(21)23(29)26-22)24(30)18-8-7-9-19(12-18)34(31,32)28-13-16(2)33-17(3)14-28/h5-12,16-17H,4,13-15H2,1-3H3,(H,25,26,29). The van der Waals surface area contributed by atoms with E-state index in [0.717, 1.165) is 0 Å². The predicted octanol–water partition coefficient (Wildman–Crippen LogP) is 2.38. The minimum absolute atomic E-state index is 0.0629. The van der Waals surface area contributed by atoms with E-state index in [9.17, 15) is 18.0 Å². The fourth-order valence-corrected chi connectivity index (χ4v) is 5.80. The molecule has 0 saturated carbocycles. The van der Waals surface area contributed by atoms with E-state index in [1.54, 1.807) is 36.4 Å². The molecule has 2 aromatic carbocycles. The van der Waals surface area contributed by atoms with Gasteiger partial charge in [0.25, 0.3) is 11.5 Å². The molecule has 1 fully saturated rings. The van der Waals surface area contributed by atoms with Crippen LogP contribution in [0.25, 0.3) is 10.9 Å². The topological polar surface area (TPSA) is 113 Å². The number of morpholine rings is 1. The largest absolute Gasteiger partial charge is 0.373 e. The quantitative estimate of drug-likeness (QED) is 0.575. The second kappa shape index (κ2) is 9.65. The number of H-pyrrole nitrogens is 1. The van der Waals surface area contributed by atoms with E-state index < -0.39 is 10.0 Å². The van der Waals surface area contributed by atoms with Gasteiger partial charge in [-0.05, 0) is 51.1 Å². The number of amides is 1. The Bertz CT molecular complexity index is 1360. The number of hydrogen-bond acceptors (Lipinski definition) is 6. The Morgan fingerprint density at radius 2 is 1.85 bits per heavy atom. The summed E-state index contributed by atoms with van der Waals surface area (Å²) >= 11 is 0. The third-order valence-corrected chi connectivity index (χ3v) is 7.60. The SMILES string of the molecule is CCN(Cc1nc2ccccc2c(=O)[nH]1)C(=O)c1cccc(S(=O)(=O)N2CC(C)OC(C)C2)c1. The maximum Gasteiger partial charge on any atom is 0.258 e. The molecule has 1 amide bonds. The van der Waals surface area contributed by atoms with Gasteiger partial charge in [0.05, 0.1) is 34.6 Å². The van der Waals surface area contributed by atoms with Crippen molar-refractivity contribution >= 4 is 26.8 Å². The van der Waals surface area contributed by atoms with Crippen molar-refractivity contribution in [2.75, 3.05) is 19.6 Å². The fourth-order valence-electron chi connectivity index (χ4n) is 4.17. The summed E-state index contributed by atoms with van der Waals surface area (Å²) in [4.78, 5) is 34.4. The van der Waals surface area contributed by atoms with Crippen LogP contribution in [0.3, 0.4) is 0 Å². The Hall–Kier alpha value is -3.08. The molecule has 0 aliphatic carbocycles. The van der Waals surface area contributed by atoms with Crippen LogP contribution in [0.15, 0.2) is 58.2 Å². The van der Waals surface area contributed by atoms with Gasteiger partial charge in [0.1, 0.15) is 5.82 Å². The number of fused-ring (bicyclic) bond motifs is 1. The Labute approximate surface area is 198 Å². The summed E-state index contributed by atoms with van der Waals surface area (Å²) in [5.41, 5.74) is 0.526. The summed E-state index contributed by atoms with van der Waals surface area (Å²) in [6, 6.07) is 13.0. The maximum atomic E-state index is 13.3. The van der Waals surface area contributed by atoms with Crippen molar-refractivity contribution in [2.24, 2.45) is 0 Å². The number of nitrogens with one attached hydrogen (secondary N) is 1. The average Bonchev–Trinajstić information content (AvgIpc) is 2.81. The lowest BCUT2D eigenvalue weighted by atomic mass is 10.2. The number of aromatic nitrogens is 2. The van der Waals surface area contributed by atoms with E-state index in [1.807, 2.05) is 20.8 Å². The van der Waals surface area contributed by atoms with Crippen LogP contribution in [0.2, 0.25) is 0 Å². The summed E-state index contributed by atoms with van der Waals surface area (Å²) in [5.74, 6) is 0.0121. The lowest BCUT2D eigenvalue weighted by molar-refractivity contribution is -0.0440. The number of benzene rings is 2. The first-order valence-electron chi connectivity index (χ1n) is 11.2. The number of carbonyl (C=O) groups is 1. The summed E-state index contributed by atoms with van der Waals surface area (Å²) in [7, 11) is -3.78. The van der Waals surface area contributed by atoms with E-state index in [0.29, 0.717) is 23.3 Å². The molecule has 34 heavy (non-hydrogen) atoms. The van der Waals surface area contributed by atoms with E-state index >= 15 is 0 Å². The number of hydrogen-bond donors (Lipinski definition) is 1. The second-order valence-corrected chi connectivity index (χ2v) is 10.4. The van der Waals surface area contributed by atoms with Crippen LogP contribution in [0.5, 0.6) is 0 Å². The highest BCUT2D eigenvalue weighted by molar-refractivity contribution is 7.89. The zero-order valence-electron chi connectivity index (χ0n) is 19.4. The molecular formula is C24H28N4O5S. The number of aromatic amines is 1. The van der Waals surface area contributed by atoms with Crippen molar-refractivity contribution in [3.05, 3.63) is 70.3 Å². The molecule has 0 bridgehead atoms. The minimum atomic E-state index is -3.78. The number of rotatable bonds is 6. The number of para-hydroxylation sites is 1. The Kier molecular flexibility index (Phi) is 6.83. The Morgan fingerprint density at radius 1 is 1.15 bits per heavy atom. The summed E-state index contributed by atoms with van der Waals surface area (Å²) in [5, 5.41) is 0.477. The van der Waals surface area contributed by atoms with Gasteiger partial charge >= 0.3 is 0 Å². The van der Waals surface area contributed by atoms with Crippen LogP contribution in [0.1, 0.15) is 37.0 Å². The second-order valence-electron chi connectivity index (χ2n) is 8.46. The third kappa shape index (κ3) is 4.89. The Balaban J connectivity index is 1.59. The molecule has 0 spiro atoms. The van der Waals surface area contributed by atoms with Crippen molar-refractivity contribution in [3.63, 3.8) is 0 Å². The molecule has 1 N–H and O–H groups in total. The lowest BCUT2D eigenvalue weighted by Crippen LogP contribution is -2.48. The molecule has 1 aromatic heterocycles. The summed E-state index contributed by atoms with van der Waals surface area (Å²) in [6.07, 6.45) is -0.425. The van der Waals surface area contributed by atoms with Gasteiger partial charge < -0.3 is 14.6 Å². The third-order valence-electron chi connectivity index (χ3n) is 5.78. The zero-order valence-corrected chi connectivity index (χ0v) is 20.2. The first-order chi connectivity index (χ1) is 16.2. The number of carbonyl (C=O) groups excluding carboxylic acids is 1. The Morgan fingerprint density at radius 3 is 2.56 bits per heavy atom. The molecule has 10 heteroatoms. The van der Waals surface area contributed by atoms with Gasteiger partial charge in [0.15, 0.2) is 0 Å². The highest BCUT2D eigenvalue weighted by Crippen LogP contribution is 2.22.